The van der Waals surface area contributed by atoms with Gasteiger partial charge in [0, 0.05) is 23.5 Å². The lowest BCUT2D eigenvalue weighted by Crippen LogP contribution is -2.23. The molecule has 124 valence electrons. The molecule has 5 nitrogen and oxygen atoms in total. The van der Waals surface area contributed by atoms with Gasteiger partial charge in [0.25, 0.3) is 5.56 Å². The topological polar surface area (TPSA) is 56.9 Å². The summed E-state index contributed by atoms with van der Waals surface area (Å²) >= 11 is 0. The van der Waals surface area contributed by atoms with Crippen molar-refractivity contribution in [3.05, 3.63) is 87.6 Å². The van der Waals surface area contributed by atoms with E-state index in [0.29, 0.717) is 17.7 Å². The monoisotopic (exact) mass is 331 g/mol. The zero-order chi connectivity index (χ0) is 17.8. The molecule has 1 aromatic carbocycles. The summed E-state index contributed by atoms with van der Waals surface area (Å²) in [4.78, 5) is 24.5. The van der Waals surface area contributed by atoms with E-state index >= 15 is 0 Å². The van der Waals surface area contributed by atoms with Crippen LogP contribution in [-0.4, -0.2) is 20.1 Å². The van der Waals surface area contributed by atoms with Crippen molar-refractivity contribution in [1.29, 1.82) is 0 Å². The molecule has 0 saturated heterocycles. The van der Waals surface area contributed by atoms with Crippen molar-refractivity contribution in [2.24, 2.45) is 0 Å². The quantitative estimate of drug-likeness (QED) is 0.532. The Bertz CT molecular complexity index is 1010. The summed E-state index contributed by atoms with van der Waals surface area (Å²) in [6, 6.07) is 12.9. The van der Waals surface area contributed by atoms with E-state index in [9.17, 15) is 9.59 Å². The highest BCUT2D eigenvalue weighted by Crippen LogP contribution is 2.11. The van der Waals surface area contributed by atoms with Crippen molar-refractivity contribution in [1.82, 2.24) is 14.3 Å². The third-order valence-corrected chi connectivity index (χ3v) is 4.06. The van der Waals surface area contributed by atoms with Gasteiger partial charge in [-0.25, -0.2) is 0 Å². The van der Waals surface area contributed by atoms with Gasteiger partial charge in [-0.05, 0) is 18.6 Å². The maximum atomic E-state index is 12.6. The molecule has 0 atom stereocenters. The molecule has 0 amide bonds. The molecule has 3 aromatic rings. The minimum Gasteiger partial charge on any atom is -0.308 e. The SMILES string of the molecule is C#Cc1ccn(CC(=O)c2cnn(Cc3ccccc3)c2C)c(=O)c1. The first kappa shape index (κ1) is 16.5. The highest BCUT2D eigenvalue weighted by atomic mass is 16.1. The lowest BCUT2D eigenvalue weighted by Gasteiger charge is -2.07. The van der Waals surface area contributed by atoms with Crippen LogP contribution in [0.15, 0.2) is 59.7 Å². The van der Waals surface area contributed by atoms with E-state index in [2.05, 4.69) is 11.0 Å². The van der Waals surface area contributed by atoms with Crippen molar-refractivity contribution in [2.75, 3.05) is 0 Å². The van der Waals surface area contributed by atoms with Gasteiger partial charge in [0.1, 0.15) is 0 Å². The standard InChI is InChI=1S/C20H17N3O2/c1-3-16-9-10-22(20(25)11-16)14-19(24)18-12-21-23(15(18)2)13-17-7-5-4-6-8-17/h1,4-12H,13-14H2,2H3. The third kappa shape index (κ3) is 3.59. The van der Waals surface area contributed by atoms with Crippen LogP contribution >= 0.6 is 0 Å². The first-order valence-electron chi connectivity index (χ1n) is 7.85. The molecule has 0 aliphatic heterocycles. The number of carbonyl (C=O) groups is 1. The molecule has 0 N–H and O–H groups in total. The lowest BCUT2D eigenvalue weighted by molar-refractivity contribution is 0.0970. The van der Waals surface area contributed by atoms with Crippen molar-refractivity contribution >= 4 is 5.78 Å². The molecular formula is C20H17N3O2. The summed E-state index contributed by atoms with van der Waals surface area (Å²) in [6.07, 6.45) is 8.37. The fourth-order valence-corrected chi connectivity index (χ4v) is 2.60. The summed E-state index contributed by atoms with van der Waals surface area (Å²) in [5.41, 5.74) is 2.61. The minimum absolute atomic E-state index is 0.0401. The second-order valence-electron chi connectivity index (χ2n) is 5.74. The molecule has 0 radical (unpaired) electrons. The smallest absolute Gasteiger partial charge is 0.252 e. The number of pyridine rings is 1. The van der Waals surface area contributed by atoms with E-state index in [0.717, 1.165) is 11.3 Å². The maximum absolute atomic E-state index is 12.6. The molecule has 25 heavy (non-hydrogen) atoms. The molecule has 0 fully saturated rings. The van der Waals surface area contributed by atoms with Gasteiger partial charge in [-0.15, -0.1) is 6.42 Å². The van der Waals surface area contributed by atoms with Gasteiger partial charge in [0.15, 0.2) is 5.78 Å². The average molecular weight is 331 g/mol. The van der Waals surface area contributed by atoms with Crippen LogP contribution in [0.1, 0.15) is 27.2 Å². The number of nitrogens with zero attached hydrogens (tertiary/aromatic N) is 3. The van der Waals surface area contributed by atoms with Gasteiger partial charge in [0.2, 0.25) is 0 Å². The summed E-state index contributed by atoms with van der Waals surface area (Å²) < 4.78 is 3.13. The highest BCUT2D eigenvalue weighted by Gasteiger charge is 2.15. The van der Waals surface area contributed by atoms with Crippen molar-refractivity contribution in [3.63, 3.8) is 0 Å². The Morgan fingerprint density at radius 1 is 1.24 bits per heavy atom. The number of carbonyl (C=O) groups excluding carboxylic acids is 1. The van der Waals surface area contributed by atoms with Crippen LogP contribution in [-0.2, 0) is 13.1 Å². The van der Waals surface area contributed by atoms with E-state index in [4.69, 9.17) is 6.42 Å². The van der Waals surface area contributed by atoms with Crippen molar-refractivity contribution in [3.8, 4) is 12.3 Å². The maximum Gasteiger partial charge on any atom is 0.252 e. The van der Waals surface area contributed by atoms with Crippen LogP contribution < -0.4 is 5.56 Å². The molecule has 0 aliphatic carbocycles. The molecule has 0 bridgehead atoms. The zero-order valence-electron chi connectivity index (χ0n) is 13.8. The number of ketones is 1. The van der Waals surface area contributed by atoms with Crippen LogP contribution in [0.4, 0.5) is 0 Å². The molecule has 0 saturated carbocycles. The number of aromatic nitrogens is 3. The van der Waals surface area contributed by atoms with Gasteiger partial charge in [0.05, 0.1) is 24.8 Å². The number of hydrogen-bond donors (Lipinski definition) is 0. The average Bonchev–Trinajstić information content (AvgIpc) is 2.98. The van der Waals surface area contributed by atoms with Crippen LogP contribution in [0.2, 0.25) is 0 Å². The summed E-state index contributed by atoms with van der Waals surface area (Å²) in [7, 11) is 0. The predicted molar refractivity (Wildman–Crippen MR) is 95.5 cm³/mol. The van der Waals surface area contributed by atoms with Gasteiger partial charge in [-0.1, -0.05) is 36.3 Å². The Hall–Kier alpha value is -3.39. The highest BCUT2D eigenvalue weighted by molar-refractivity contribution is 5.96. The van der Waals surface area contributed by atoms with Crippen LogP contribution in [0.25, 0.3) is 0 Å². The Morgan fingerprint density at radius 2 is 2.00 bits per heavy atom. The molecular weight excluding hydrogens is 314 g/mol. The first-order valence-corrected chi connectivity index (χ1v) is 7.85. The second-order valence-corrected chi connectivity index (χ2v) is 5.74. The van der Waals surface area contributed by atoms with Crippen LogP contribution in [0.5, 0.6) is 0 Å². The Kier molecular flexibility index (Phi) is 4.62. The fraction of sp³-hybridized carbons (Fsp3) is 0.150. The molecule has 0 aliphatic rings. The summed E-state index contributed by atoms with van der Waals surface area (Å²) in [5.74, 6) is 2.24. The molecule has 2 aromatic heterocycles. The minimum atomic E-state index is -0.293. The van der Waals surface area contributed by atoms with Gasteiger partial charge < -0.3 is 4.57 Å². The number of benzene rings is 1. The van der Waals surface area contributed by atoms with E-state index in [1.807, 2.05) is 37.3 Å². The molecule has 5 heteroatoms. The number of terminal acetylenes is 1. The Labute approximate surface area is 145 Å². The molecule has 3 rings (SSSR count). The predicted octanol–water partition coefficient (Wildman–Crippen LogP) is 2.27. The van der Waals surface area contributed by atoms with Gasteiger partial charge in [-0.2, -0.15) is 5.10 Å². The summed E-state index contributed by atoms with van der Waals surface area (Å²) in [6.45, 7) is 2.41. The fourth-order valence-electron chi connectivity index (χ4n) is 2.60. The number of rotatable bonds is 5. The molecule has 0 spiro atoms. The second kappa shape index (κ2) is 7.02. The van der Waals surface area contributed by atoms with E-state index in [1.54, 1.807) is 23.1 Å². The van der Waals surface area contributed by atoms with E-state index in [-0.39, 0.29) is 17.9 Å². The summed E-state index contributed by atoms with van der Waals surface area (Å²) in [5, 5.41) is 4.31. The zero-order valence-corrected chi connectivity index (χ0v) is 13.8. The van der Waals surface area contributed by atoms with Crippen LogP contribution in [0.3, 0.4) is 0 Å². The third-order valence-electron chi connectivity index (χ3n) is 4.06. The normalized spacial score (nSPS) is 10.4. The van der Waals surface area contributed by atoms with E-state index < -0.39 is 0 Å². The molecule has 2 heterocycles. The van der Waals surface area contributed by atoms with E-state index in [1.165, 1.54) is 10.6 Å². The first-order chi connectivity index (χ1) is 12.1. The van der Waals surface area contributed by atoms with Gasteiger partial charge >= 0.3 is 0 Å². The Morgan fingerprint density at radius 3 is 2.68 bits per heavy atom. The largest absolute Gasteiger partial charge is 0.308 e. The van der Waals surface area contributed by atoms with Gasteiger partial charge in [-0.3, -0.25) is 14.3 Å². The van der Waals surface area contributed by atoms with Crippen molar-refractivity contribution < 1.29 is 4.79 Å². The van der Waals surface area contributed by atoms with Crippen LogP contribution in [0, 0.1) is 19.3 Å². The lowest BCUT2D eigenvalue weighted by atomic mass is 10.1. The number of Topliss-reactive ketones (excluding diaryl/α,β-unsaturated/α-hetero) is 1. The molecule has 0 unspecified atom stereocenters. The number of hydrogen-bond acceptors (Lipinski definition) is 3. The van der Waals surface area contributed by atoms with Crippen molar-refractivity contribution in [2.45, 2.75) is 20.0 Å². The Balaban J connectivity index is 1.79.